The Morgan fingerprint density at radius 2 is 1.90 bits per heavy atom. The molecule has 3 rings (SSSR count). The van der Waals surface area contributed by atoms with Crippen molar-refractivity contribution in [3.05, 3.63) is 0 Å². The molecule has 1 saturated carbocycles. The smallest absolute Gasteiger partial charge is 0.0308 e. The van der Waals surface area contributed by atoms with Gasteiger partial charge >= 0.3 is 0 Å². The lowest BCUT2D eigenvalue weighted by Gasteiger charge is -2.44. The molecule has 0 amide bonds. The zero-order valence-electron chi connectivity index (χ0n) is 13.4. The minimum Gasteiger partial charge on any atom is -0.310 e. The van der Waals surface area contributed by atoms with Gasteiger partial charge in [0.1, 0.15) is 0 Å². The van der Waals surface area contributed by atoms with Crippen molar-refractivity contribution < 1.29 is 0 Å². The Kier molecular flexibility index (Phi) is 5.00. The van der Waals surface area contributed by atoms with Gasteiger partial charge in [-0.2, -0.15) is 0 Å². The summed E-state index contributed by atoms with van der Waals surface area (Å²) in [5, 5.41) is 3.94. The van der Waals surface area contributed by atoms with E-state index in [1.807, 2.05) is 0 Å². The van der Waals surface area contributed by atoms with Crippen LogP contribution in [0.4, 0.5) is 0 Å². The number of likely N-dealkylation sites (tertiary alicyclic amines) is 1. The largest absolute Gasteiger partial charge is 0.310 e. The first-order valence-electron chi connectivity index (χ1n) is 9.03. The zero-order chi connectivity index (χ0) is 13.8. The molecule has 0 bridgehead atoms. The first-order valence-corrected chi connectivity index (χ1v) is 9.03. The van der Waals surface area contributed by atoms with Crippen LogP contribution >= 0.6 is 0 Å². The van der Waals surface area contributed by atoms with E-state index < -0.39 is 0 Å². The summed E-state index contributed by atoms with van der Waals surface area (Å²) < 4.78 is 0. The van der Waals surface area contributed by atoms with Crippen molar-refractivity contribution in [1.29, 1.82) is 0 Å². The Morgan fingerprint density at radius 1 is 1.05 bits per heavy atom. The third kappa shape index (κ3) is 3.37. The van der Waals surface area contributed by atoms with Crippen molar-refractivity contribution in [2.75, 3.05) is 39.3 Å². The fourth-order valence-electron chi connectivity index (χ4n) is 4.65. The van der Waals surface area contributed by atoms with E-state index in [1.54, 1.807) is 0 Å². The molecule has 2 heterocycles. The van der Waals surface area contributed by atoms with E-state index in [9.17, 15) is 0 Å². The Bertz CT molecular complexity index is 299. The monoisotopic (exact) mass is 279 g/mol. The molecule has 116 valence electrons. The first-order chi connectivity index (χ1) is 9.81. The van der Waals surface area contributed by atoms with Crippen molar-refractivity contribution in [1.82, 2.24) is 15.1 Å². The molecule has 1 aliphatic carbocycles. The number of likely N-dealkylation sites (N-methyl/N-ethyl adjacent to an activating group) is 1. The molecule has 3 aliphatic rings. The standard InChI is InChI=1S/C17H33N3/c1-2-19-12-6-8-16(14-19)20-13-7-11-18-17(15-20)9-4-3-5-10-17/h16,18H,2-15H2,1H3. The van der Waals surface area contributed by atoms with E-state index in [-0.39, 0.29) is 0 Å². The normalized spacial score (nSPS) is 33.1. The lowest BCUT2D eigenvalue weighted by molar-refractivity contribution is 0.0739. The summed E-state index contributed by atoms with van der Waals surface area (Å²) in [4.78, 5) is 5.51. The molecular formula is C17H33N3. The SMILES string of the molecule is CCN1CCCC(N2CCCNC3(CCCCC3)C2)C1. The topological polar surface area (TPSA) is 18.5 Å². The first kappa shape index (κ1) is 14.8. The van der Waals surface area contributed by atoms with Crippen molar-refractivity contribution in [2.45, 2.75) is 69.9 Å². The number of rotatable bonds is 2. The van der Waals surface area contributed by atoms with E-state index in [4.69, 9.17) is 0 Å². The fraction of sp³-hybridized carbons (Fsp3) is 1.00. The molecule has 1 atom stereocenters. The zero-order valence-corrected chi connectivity index (χ0v) is 13.4. The molecule has 0 aromatic carbocycles. The molecule has 2 saturated heterocycles. The van der Waals surface area contributed by atoms with Gasteiger partial charge in [0.2, 0.25) is 0 Å². The summed E-state index contributed by atoms with van der Waals surface area (Å²) in [5.74, 6) is 0. The lowest BCUT2D eigenvalue weighted by Crippen LogP contribution is -2.56. The summed E-state index contributed by atoms with van der Waals surface area (Å²) in [6, 6.07) is 0.822. The van der Waals surface area contributed by atoms with Crippen molar-refractivity contribution in [3.63, 3.8) is 0 Å². The lowest BCUT2D eigenvalue weighted by atomic mass is 9.81. The van der Waals surface area contributed by atoms with Gasteiger partial charge in [0.05, 0.1) is 0 Å². The van der Waals surface area contributed by atoms with Crippen molar-refractivity contribution in [2.24, 2.45) is 0 Å². The maximum Gasteiger partial charge on any atom is 0.0308 e. The van der Waals surface area contributed by atoms with Gasteiger partial charge in [-0.15, -0.1) is 0 Å². The van der Waals surface area contributed by atoms with Crippen LogP contribution in [0.1, 0.15) is 58.3 Å². The quantitative estimate of drug-likeness (QED) is 0.838. The van der Waals surface area contributed by atoms with Gasteiger partial charge in [0, 0.05) is 24.7 Å². The Labute approximate surface area is 125 Å². The van der Waals surface area contributed by atoms with E-state index in [0.717, 1.165) is 6.04 Å². The van der Waals surface area contributed by atoms with Crippen LogP contribution in [0.15, 0.2) is 0 Å². The molecule has 1 unspecified atom stereocenters. The van der Waals surface area contributed by atoms with Gasteiger partial charge in [-0.05, 0) is 58.3 Å². The molecule has 0 aromatic rings. The van der Waals surface area contributed by atoms with Crippen LogP contribution in [0, 0.1) is 0 Å². The molecule has 2 aliphatic heterocycles. The third-order valence-corrected chi connectivity index (χ3v) is 5.88. The third-order valence-electron chi connectivity index (χ3n) is 5.88. The van der Waals surface area contributed by atoms with Crippen LogP contribution in [0.5, 0.6) is 0 Å². The Morgan fingerprint density at radius 3 is 2.70 bits per heavy atom. The van der Waals surface area contributed by atoms with Crippen LogP contribution in [0.3, 0.4) is 0 Å². The predicted octanol–water partition coefficient (Wildman–Crippen LogP) is 2.47. The molecule has 0 aromatic heterocycles. The van der Waals surface area contributed by atoms with Crippen LogP contribution in [-0.4, -0.2) is 60.6 Å². The average molecular weight is 279 g/mol. The van der Waals surface area contributed by atoms with Gasteiger partial charge in [-0.25, -0.2) is 0 Å². The van der Waals surface area contributed by atoms with E-state index in [0.29, 0.717) is 5.54 Å². The summed E-state index contributed by atoms with van der Waals surface area (Å²) in [5.41, 5.74) is 0.462. The van der Waals surface area contributed by atoms with E-state index >= 15 is 0 Å². The minimum absolute atomic E-state index is 0.462. The molecule has 3 heteroatoms. The van der Waals surface area contributed by atoms with Gasteiger partial charge in [0.25, 0.3) is 0 Å². The number of nitrogens with zero attached hydrogens (tertiary/aromatic N) is 2. The van der Waals surface area contributed by atoms with E-state index in [1.165, 1.54) is 90.6 Å². The highest BCUT2D eigenvalue weighted by Gasteiger charge is 2.37. The van der Waals surface area contributed by atoms with Gasteiger partial charge < -0.3 is 10.2 Å². The second-order valence-corrected chi connectivity index (χ2v) is 7.28. The molecule has 20 heavy (non-hydrogen) atoms. The van der Waals surface area contributed by atoms with Gasteiger partial charge in [-0.1, -0.05) is 26.2 Å². The van der Waals surface area contributed by atoms with Gasteiger partial charge in [-0.3, -0.25) is 4.90 Å². The Balaban J connectivity index is 1.65. The molecule has 0 radical (unpaired) electrons. The van der Waals surface area contributed by atoms with Crippen LogP contribution < -0.4 is 5.32 Å². The van der Waals surface area contributed by atoms with Crippen molar-refractivity contribution in [3.8, 4) is 0 Å². The second kappa shape index (κ2) is 6.76. The van der Waals surface area contributed by atoms with Gasteiger partial charge in [0.15, 0.2) is 0 Å². The average Bonchev–Trinajstić information content (AvgIpc) is 2.71. The van der Waals surface area contributed by atoms with Crippen LogP contribution in [-0.2, 0) is 0 Å². The molecule has 3 nitrogen and oxygen atoms in total. The number of hydrogen-bond donors (Lipinski definition) is 1. The van der Waals surface area contributed by atoms with E-state index in [2.05, 4.69) is 22.0 Å². The maximum atomic E-state index is 3.94. The second-order valence-electron chi connectivity index (χ2n) is 7.28. The summed E-state index contributed by atoms with van der Waals surface area (Å²) >= 11 is 0. The van der Waals surface area contributed by atoms with Crippen LogP contribution in [0.2, 0.25) is 0 Å². The summed E-state index contributed by atoms with van der Waals surface area (Å²) in [6.45, 7) is 10.0. The van der Waals surface area contributed by atoms with Crippen molar-refractivity contribution >= 4 is 0 Å². The Hall–Kier alpha value is -0.120. The number of nitrogens with one attached hydrogen (secondary N) is 1. The molecule has 3 fully saturated rings. The molecular weight excluding hydrogens is 246 g/mol. The van der Waals surface area contributed by atoms with Crippen LogP contribution in [0.25, 0.3) is 0 Å². The maximum absolute atomic E-state index is 3.94. The predicted molar refractivity (Wildman–Crippen MR) is 85.1 cm³/mol. The number of piperidine rings is 1. The summed E-state index contributed by atoms with van der Waals surface area (Å²) in [6.07, 6.45) is 11.3. The highest BCUT2D eigenvalue weighted by atomic mass is 15.3. The highest BCUT2D eigenvalue weighted by Crippen LogP contribution is 2.31. The fourth-order valence-corrected chi connectivity index (χ4v) is 4.65. The summed E-state index contributed by atoms with van der Waals surface area (Å²) in [7, 11) is 0. The molecule has 1 N–H and O–H groups in total. The highest BCUT2D eigenvalue weighted by molar-refractivity contribution is 4.97. The molecule has 1 spiro atoms. The minimum atomic E-state index is 0.462. The number of hydrogen-bond acceptors (Lipinski definition) is 3.